The van der Waals surface area contributed by atoms with Gasteiger partial charge in [-0.1, -0.05) is 19.3 Å². The Labute approximate surface area is 114 Å². The Morgan fingerprint density at radius 3 is 2.37 bits per heavy atom. The van der Waals surface area contributed by atoms with Crippen molar-refractivity contribution in [2.24, 2.45) is 10.8 Å². The molecule has 1 aliphatic rings. The molecule has 0 aromatic rings. The molecular weight excluding hydrogens is 244 g/mol. The van der Waals surface area contributed by atoms with Crippen LogP contribution in [0.5, 0.6) is 0 Å². The number of hydrogen-bond donors (Lipinski definition) is 1. The molecule has 0 aromatic carbocycles. The largest absolute Gasteiger partial charge is 0.469 e. The second kappa shape index (κ2) is 6.05. The maximum absolute atomic E-state index is 12.0. The minimum absolute atomic E-state index is 0.254. The quantitative estimate of drug-likeness (QED) is 0.786. The van der Waals surface area contributed by atoms with Gasteiger partial charge < -0.3 is 10.1 Å². The summed E-state index contributed by atoms with van der Waals surface area (Å²) in [6.45, 7) is 3.38. The third-order valence-corrected chi connectivity index (χ3v) is 3.86. The standard InChI is InChI=1S/C14H22N2O3/c1-13(2,9-15)11(17)16-10-14(12(18)19-3)7-5-4-6-8-14/h4-8,10H2,1-3H3,(H,16,17). The average Bonchev–Trinajstić information content (AvgIpc) is 2.44. The van der Waals surface area contributed by atoms with Crippen LogP contribution in [0.15, 0.2) is 0 Å². The Balaban J connectivity index is 2.73. The summed E-state index contributed by atoms with van der Waals surface area (Å²) in [4.78, 5) is 23.9. The van der Waals surface area contributed by atoms with Gasteiger partial charge in [0.2, 0.25) is 5.91 Å². The summed E-state index contributed by atoms with van der Waals surface area (Å²) in [7, 11) is 1.37. The van der Waals surface area contributed by atoms with Crippen molar-refractivity contribution in [3.05, 3.63) is 0 Å². The van der Waals surface area contributed by atoms with E-state index in [9.17, 15) is 9.59 Å². The Hall–Kier alpha value is -1.57. The molecule has 0 heterocycles. The van der Waals surface area contributed by atoms with Crippen LogP contribution in [0.1, 0.15) is 46.0 Å². The van der Waals surface area contributed by atoms with Gasteiger partial charge in [-0.15, -0.1) is 0 Å². The number of methoxy groups -OCH3 is 1. The summed E-state index contributed by atoms with van der Waals surface area (Å²) >= 11 is 0. The van der Waals surface area contributed by atoms with Crippen molar-refractivity contribution in [1.29, 1.82) is 5.26 Å². The smallest absolute Gasteiger partial charge is 0.313 e. The second-order valence-corrected chi connectivity index (χ2v) is 5.75. The summed E-state index contributed by atoms with van der Waals surface area (Å²) in [5.74, 6) is -0.605. The molecule has 5 nitrogen and oxygen atoms in total. The Morgan fingerprint density at radius 2 is 1.89 bits per heavy atom. The van der Waals surface area contributed by atoms with Crippen LogP contribution in [0, 0.1) is 22.2 Å². The van der Waals surface area contributed by atoms with Crippen molar-refractivity contribution in [1.82, 2.24) is 5.32 Å². The second-order valence-electron chi connectivity index (χ2n) is 5.75. The van der Waals surface area contributed by atoms with E-state index in [1.165, 1.54) is 7.11 Å². The van der Waals surface area contributed by atoms with Crippen LogP contribution in [0.2, 0.25) is 0 Å². The van der Waals surface area contributed by atoms with Gasteiger partial charge in [-0.25, -0.2) is 0 Å². The first kappa shape index (κ1) is 15.5. The van der Waals surface area contributed by atoms with E-state index in [1.54, 1.807) is 13.8 Å². The number of carbonyl (C=O) groups is 2. The number of carbonyl (C=O) groups excluding carboxylic acids is 2. The van der Waals surface area contributed by atoms with Crippen molar-refractivity contribution in [3.63, 3.8) is 0 Å². The predicted octanol–water partition coefficient (Wildman–Crippen LogP) is 1.78. The minimum atomic E-state index is -1.08. The fraction of sp³-hybridized carbons (Fsp3) is 0.786. The molecule has 0 radical (unpaired) electrons. The van der Waals surface area contributed by atoms with Crippen molar-refractivity contribution in [3.8, 4) is 6.07 Å². The summed E-state index contributed by atoms with van der Waals surface area (Å²) < 4.78 is 4.88. The number of hydrogen-bond acceptors (Lipinski definition) is 4. The number of nitrogens with one attached hydrogen (secondary N) is 1. The lowest BCUT2D eigenvalue weighted by Gasteiger charge is -2.35. The summed E-state index contributed by atoms with van der Waals surface area (Å²) in [6.07, 6.45) is 4.50. The van der Waals surface area contributed by atoms with Gasteiger partial charge in [0.05, 0.1) is 18.6 Å². The molecule has 0 bridgehead atoms. The van der Waals surface area contributed by atoms with Crippen molar-refractivity contribution >= 4 is 11.9 Å². The molecule has 0 aliphatic heterocycles. The lowest BCUT2D eigenvalue weighted by molar-refractivity contribution is -0.155. The fourth-order valence-electron chi connectivity index (χ4n) is 2.42. The van der Waals surface area contributed by atoms with Gasteiger partial charge in [-0.2, -0.15) is 5.26 Å². The van der Waals surface area contributed by atoms with E-state index < -0.39 is 10.8 Å². The Morgan fingerprint density at radius 1 is 1.32 bits per heavy atom. The van der Waals surface area contributed by atoms with Crippen molar-refractivity contribution in [2.75, 3.05) is 13.7 Å². The number of rotatable bonds is 4. The van der Waals surface area contributed by atoms with Gasteiger partial charge in [0.15, 0.2) is 0 Å². The molecule has 5 heteroatoms. The normalized spacial score (nSPS) is 18.2. The van der Waals surface area contributed by atoms with Crippen LogP contribution < -0.4 is 5.32 Å². The van der Waals surface area contributed by atoms with E-state index in [0.717, 1.165) is 32.1 Å². The van der Waals surface area contributed by atoms with Gasteiger partial charge >= 0.3 is 5.97 Å². The summed E-state index contributed by atoms with van der Waals surface area (Å²) in [5, 5.41) is 11.7. The zero-order valence-corrected chi connectivity index (χ0v) is 11.9. The van der Waals surface area contributed by atoms with Gasteiger partial charge in [-0.05, 0) is 26.7 Å². The fourth-order valence-corrected chi connectivity index (χ4v) is 2.42. The third-order valence-electron chi connectivity index (χ3n) is 3.86. The molecule has 0 atom stereocenters. The van der Waals surface area contributed by atoms with Crippen LogP contribution in [0.25, 0.3) is 0 Å². The van der Waals surface area contributed by atoms with E-state index in [-0.39, 0.29) is 18.4 Å². The van der Waals surface area contributed by atoms with Crippen LogP contribution >= 0.6 is 0 Å². The predicted molar refractivity (Wildman–Crippen MR) is 69.9 cm³/mol. The monoisotopic (exact) mass is 266 g/mol. The lowest BCUT2D eigenvalue weighted by Crippen LogP contribution is -2.47. The highest BCUT2D eigenvalue weighted by molar-refractivity contribution is 5.85. The van der Waals surface area contributed by atoms with Crippen molar-refractivity contribution in [2.45, 2.75) is 46.0 Å². The topological polar surface area (TPSA) is 79.2 Å². The molecular formula is C14H22N2O3. The van der Waals surface area contributed by atoms with E-state index >= 15 is 0 Å². The molecule has 1 saturated carbocycles. The Kier molecular flexibility index (Phi) is 4.93. The van der Waals surface area contributed by atoms with E-state index in [2.05, 4.69) is 5.32 Å². The average molecular weight is 266 g/mol. The lowest BCUT2D eigenvalue weighted by atomic mass is 9.73. The third kappa shape index (κ3) is 3.46. The molecule has 1 rings (SSSR count). The van der Waals surface area contributed by atoms with Crippen LogP contribution in [0.4, 0.5) is 0 Å². The first-order valence-electron chi connectivity index (χ1n) is 6.66. The highest BCUT2D eigenvalue weighted by Crippen LogP contribution is 2.37. The zero-order valence-electron chi connectivity index (χ0n) is 11.9. The minimum Gasteiger partial charge on any atom is -0.469 e. The van der Waals surface area contributed by atoms with Gasteiger partial charge in [0.25, 0.3) is 0 Å². The van der Waals surface area contributed by atoms with Crippen molar-refractivity contribution < 1.29 is 14.3 Å². The molecule has 0 saturated heterocycles. The van der Waals surface area contributed by atoms with Gasteiger partial charge in [-0.3, -0.25) is 9.59 Å². The maximum Gasteiger partial charge on any atom is 0.313 e. The van der Waals surface area contributed by atoms with Crippen LogP contribution in [-0.4, -0.2) is 25.5 Å². The number of esters is 1. The van der Waals surface area contributed by atoms with E-state index in [4.69, 9.17) is 10.00 Å². The molecule has 1 N–H and O–H groups in total. The maximum atomic E-state index is 12.0. The van der Waals surface area contributed by atoms with E-state index in [0.29, 0.717) is 0 Å². The van der Waals surface area contributed by atoms with Crippen LogP contribution in [-0.2, 0) is 14.3 Å². The molecule has 1 aliphatic carbocycles. The molecule has 0 spiro atoms. The molecule has 0 unspecified atom stereocenters. The molecule has 1 amide bonds. The van der Waals surface area contributed by atoms with E-state index in [1.807, 2.05) is 6.07 Å². The van der Waals surface area contributed by atoms with Gasteiger partial charge in [0.1, 0.15) is 5.41 Å². The number of ether oxygens (including phenoxy) is 1. The van der Waals surface area contributed by atoms with Gasteiger partial charge in [0, 0.05) is 6.54 Å². The zero-order chi connectivity index (χ0) is 14.5. The SMILES string of the molecule is COC(=O)C1(CNC(=O)C(C)(C)C#N)CCCCC1. The first-order chi connectivity index (χ1) is 8.88. The molecule has 1 fully saturated rings. The summed E-state index contributed by atoms with van der Waals surface area (Å²) in [6, 6.07) is 1.96. The van der Waals surface area contributed by atoms with Crippen LogP contribution in [0.3, 0.4) is 0 Å². The number of nitrogens with zero attached hydrogens (tertiary/aromatic N) is 1. The number of nitriles is 1. The molecule has 0 aromatic heterocycles. The Bertz CT molecular complexity index is 390. The molecule has 19 heavy (non-hydrogen) atoms. The highest BCUT2D eigenvalue weighted by atomic mass is 16.5. The molecule has 106 valence electrons. The highest BCUT2D eigenvalue weighted by Gasteiger charge is 2.41. The number of amides is 1. The first-order valence-corrected chi connectivity index (χ1v) is 6.66. The summed E-state index contributed by atoms with van der Waals surface area (Å²) in [5.41, 5.74) is -1.69.